The van der Waals surface area contributed by atoms with Crippen LogP contribution in [-0.2, 0) is 9.59 Å². The lowest BCUT2D eigenvalue weighted by atomic mass is 10.2. The molecule has 0 aliphatic carbocycles. The molecule has 2 rings (SSSR count). The standard InChI is InChI=1S/C18H26N4O5/c1-26-12-5-6-13(17(20)24)15(10-12)27-11-16(23)22-9-2-4-14(22)18(25)21-8-3-7-19/h5-6,10,14H,2-4,7-9,11,19H2,1H3,(H2,20,24)(H,21,25). The first-order valence-corrected chi connectivity index (χ1v) is 8.85. The van der Waals surface area contributed by atoms with Gasteiger partial charge in [-0.2, -0.15) is 0 Å². The van der Waals surface area contributed by atoms with Crippen molar-refractivity contribution >= 4 is 17.7 Å². The maximum atomic E-state index is 12.6. The quantitative estimate of drug-likeness (QED) is 0.501. The molecule has 0 spiro atoms. The summed E-state index contributed by atoms with van der Waals surface area (Å²) in [4.78, 5) is 37.9. The summed E-state index contributed by atoms with van der Waals surface area (Å²) in [5.41, 5.74) is 10.9. The molecule has 9 nitrogen and oxygen atoms in total. The Bertz CT molecular complexity index is 694. The lowest BCUT2D eigenvalue weighted by Crippen LogP contribution is -2.47. The predicted molar refractivity (Wildman–Crippen MR) is 98.4 cm³/mol. The summed E-state index contributed by atoms with van der Waals surface area (Å²) in [6.07, 6.45) is 2.03. The number of carbonyl (C=O) groups excluding carboxylic acids is 3. The molecule has 1 unspecified atom stereocenters. The number of amides is 3. The normalized spacial score (nSPS) is 16.1. The first-order chi connectivity index (χ1) is 13.0. The SMILES string of the molecule is COc1ccc(C(N)=O)c(OCC(=O)N2CCCC2C(=O)NCCCN)c1. The number of primary amides is 1. The molecule has 0 aromatic heterocycles. The fourth-order valence-electron chi connectivity index (χ4n) is 2.94. The summed E-state index contributed by atoms with van der Waals surface area (Å²) in [5.74, 6) is -0.546. The van der Waals surface area contributed by atoms with Crippen molar-refractivity contribution in [2.75, 3.05) is 33.4 Å². The van der Waals surface area contributed by atoms with Gasteiger partial charge in [0.15, 0.2) is 6.61 Å². The van der Waals surface area contributed by atoms with Gasteiger partial charge in [-0.1, -0.05) is 0 Å². The van der Waals surface area contributed by atoms with Crippen molar-refractivity contribution in [1.82, 2.24) is 10.2 Å². The molecule has 1 aromatic carbocycles. The maximum absolute atomic E-state index is 12.6. The van der Waals surface area contributed by atoms with Crippen LogP contribution in [0.3, 0.4) is 0 Å². The molecule has 27 heavy (non-hydrogen) atoms. The van der Waals surface area contributed by atoms with Gasteiger partial charge in [-0.25, -0.2) is 0 Å². The van der Waals surface area contributed by atoms with Crippen LogP contribution in [0.15, 0.2) is 18.2 Å². The number of nitrogens with two attached hydrogens (primary N) is 2. The third-order valence-corrected chi connectivity index (χ3v) is 4.36. The molecule has 1 aliphatic heterocycles. The van der Waals surface area contributed by atoms with Gasteiger partial charge in [0.2, 0.25) is 5.91 Å². The third kappa shape index (κ3) is 5.33. The van der Waals surface area contributed by atoms with E-state index in [4.69, 9.17) is 20.9 Å². The number of hydrogen-bond acceptors (Lipinski definition) is 6. The summed E-state index contributed by atoms with van der Waals surface area (Å²) in [6.45, 7) is 1.15. The first kappa shape index (κ1) is 20.5. The fourth-order valence-corrected chi connectivity index (χ4v) is 2.94. The van der Waals surface area contributed by atoms with Gasteiger partial charge in [0.1, 0.15) is 17.5 Å². The lowest BCUT2D eigenvalue weighted by Gasteiger charge is -2.24. The molecule has 3 amide bonds. The van der Waals surface area contributed by atoms with Crippen molar-refractivity contribution in [3.8, 4) is 11.5 Å². The molecular weight excluding hydrogens is 352 g/mol. The van der Waals surface area contributed by atoms with Crippen LogP contribution >= 0.6 is 0 Å². The lowest BCUT2D eigenvalue weighted by molar-refractivity contribution is -0.139. The number of nitrogens with one attached hydrogen (secondary N) is 1. The first-order valence-electron chi connectivity index (χ1n) is 8.85. The summed E-state index contributed by atoms with van der Waals surface area (Å²) >= 11 is 0. The van der Waals surface area contributed by atoms with Crippen LogP contribution in [0.4, 0.5) is 0 Å². The van der Waals surface area contributed by atoms with E-state index in [1.54, 1.807) is 6.07 Å². The molecule has 0 saturated carbocycles. The Labute approximate surface area is 158 Å². The molecule has 9 heteroatoms. The van der Waals surface area contributed by atoms with Crippen LogP contribution in [0.1, 0.15) is 29.6 Å². The van der Waals surface area contributed by atoms with E-state index in [-0.39, 0.29) is 29.7 Å². The minimum atomic E-state index is -0.668. The summed E-state index contributed by atoms with van der Waals surface area (Å²) < 4.78 is 10.6. The number of rotatable bonds is 9. The number of carbonyl (C=O) groups is 3. The smallest absolute Gasteiger partial charge is 0.261 e. The molecule has 0 radical (unpaired) electrons. The number of nitrogens with zero attached hydrogens (tertiary/aromatic N) is 1. The van der Waals surface area contributed by atoms with Gasteiger partial charge >= 0.3 is 0 Å². The van der Waals surface area contributed by atoms with E-state index >= 15 is 0 Å². The largest absolute Gasteiger partial charge is 0.497 e. The van der Waals surface area contributed by atoms with Gasteiger partial charge in [0.25, 0.3) is 11.8 Å². The van der Waals surface area contributed by atoms with Crippen LogP contribution in [0, 0.1) is 0 Å². The second kappa shape index (κ2) is 9.77. The van der Waals surface area contributed by atoms with Crippen molar-refractivity contribution in [2.45, 2.75) is 25.3 Å². The highest BCUT2D eigenvalue weighted by Crippen LogP contribution is 2.25. The number of ether oxygens (including phenoxy) is 2. The molecule has 1 aliphatic rings. The van der Waals surface area contributed by atoms with Crippen LogP contribution in [0.25, 0.3) is 0 Å². The number of likely N-dealkylation sites (tertiary alicyclic amines) is 1. The van der Waals surface area contributed by atoms with Gasteiger partial charge in [-0.15, -0.1) is 0 Å². The average Bonchev–Trinajstić information content (AvgIpc) is 3.15. The number of benzene rings is 1. The summed E-state index contributed by atoms with van der Waals surface area (Å²) in [7, 11) is 1.48. The molecular formula is C18H26N4O5. The van der Waals surface area contributed by atoms with Crippen LogP contribution in [0.2, 0.25) is 0 Å². The van der Waals surface area contributed by atoms with Gasteiger partial charge in [0, 0.05) is 19.2 Å². The second-order valence-corrected chi connectivity index (χ2v) is 6.19. The maximum Gasteiger partial charge on any atom is 0.261 e. The van der Waals surface area contributed by atoms with E-state index < -0.39 is 11.9 Å². The molecule has 0 bridgehead atoms. The molecule has 1 saturated heterocycles. The van der Waals surface area contributed by atoms with Crippen molar-refractivity contribution in [2.24, 2.45) is 11.5 Å². The molecule has 1 heterocycles. The Balaban J connectivity index is 2.00. The Morgan fingerprint density at radius 3 is 2.78 bits per heavy atom. The molecule has 1 atom stereocenters. The van der Waals surface area contributed by atoms with Crippen molar-refractivity contribution in [1.29, 1.82) is 0 Å². The Hall–Kier alpha value is -2.81. The average molecular weight is 378 g/mol. The highest BCUT2D eigenvalue weighted by molar-refractivity contribution is 5.96. The zero-order valence-corrected chi connectivity index (χ0v) is 15.4. The second-order valence-electron chi connectivity index (χ2n) is 6.19. The molecule has 1 aromatic rings. The Morgan fingerprint density at radius 2 is 2.11 bits per heavy atom. The molecule has 5 N–H and O–H groups in total. The fraction of sp³-hybridized carbons (Fsp3) is 0.500. The van der Waals surface area contributed by atoms with E-state index in [2.05, 4.69) is 5.32 Å². The van der Waals surface area contributed by atoms with Gasteiger partial charge < -0.3 is 31.2 Å². The molecule has 1 fully saturated rings. The van der Waals surface area contributed by atoms with Crippen molar-refractivity contribution in [3.05, 3.63) is 23.8 Å². The Kier molecular flexibility index (Phi) is 7.42. The highest BCUT2D eigenvalue weighted by Gasteiger charge is 2.34. The van der Waals surface area contributed by atoms with Crippen LogP contribution in [-0.4, -0.2) is 62.0 Å². The van der Waals surface area contributed by atoms with E-state index in [1.807, 2.05) is 0 Å². The van der Waals surface area contributed by atoms with E-state index in [9.17, 15) is 14.4 Å². The number of hydrogen-bond donors (Lipinski definition) is 3. The minimum absolute atomic E-state index is 0.154. The molecule has 148 valence electrons. The topological polar surface area (TPSA) is 137 Å². The summed E-state index contributed by atoms with van der Waals surface area (Å²) in [6, 6.07) is 4.04. The van der Waals surface area contributed by atoms with E-state index in [1.165, 1.54) is 24.1 Å². The zero-order valence-electron chi connectivity index (χ0n) is 15.4. The third-order valence-electron chi connectivity index (χ3n) is 4.36. The highest BCUT2D eigenvalue weighted by atomic mass is 16.5. The Morgan fingerprint density at radius 1 is 1.33 bits per heavy atom. The van der Waals surface area contributed by atoms with E-state index in [0.29, 0.717) is 38.2 Å². The van der Waals surface area contributed by atoms with E-state index in [0.717, 1.165) is 6.42 Å². The van der Waals surface area contributed by atoms with Crippen LogP contribution < -0.4 is 26.3 Å². The van der Waals surface area contributed by atoms with Crippen molar-refractivity contribution in [3.63, 3.8) is 0 Å². The van der Waals surface area contributed by atoms with Crippen molar-refractivity contribution < 1.29 is 23.9 Å². The summed E-state index contributed by atoms with van der Waals surface area (Å²) in [5, 5.41) is 2.79. The number of methoxy groups -OCH3 is 1. The van der Waals surface area contributed by atoms with Gasteiger partial charge in [-0.3, -0.25) is 14.4 Å². The van der Waals surface area contributed by atoms with Gasteiger partial charge in [0.05, 0.1) is 12.7 Å². The monoisotopic (exact) mass is 378 g/mol. The zero-order chi connectivity index (χ0) is 19.8. The van der Waals surface area contributed by atoms with Gasteiger partial charge in [-0.05, 0) is 37.9 Å². The van der Waals surface area contributed by atoms with Crippen LogP contribution in [0.5, 0.6) is 11.5 Å². The predicted octanol–water partition coefficient (Wildman–Crippen LogP) is -0.371. The minimum Gasteiger partial charge on any atom is -0.497 e.